The molecule has 0 unspecified atom stereocenters. The quantitative estimate of drug-likeness (QED) is 0.791. The van der Waals surface area contributed by atoms with E-state index in [0.29, 0.717) is 12.2 Å². The van der Waals surface area contributed by atoms with E-state index in [1.165, 1.54) is 0 Å². The van der Waals surface area contributed by atoms with Gasteiger partial charge >= 0.3 is 0 Å². The van der Waals surface area contributed by atoms with E-state index in [1.54, 1.807) is 24.5 Å². The van der Waals surface area contributed by atoms with E-state index in [2.05, 4.69) is 15.6 Å². The van der Waals surface area contributed by atoms with Crippen LogP contribution in [-0.2, 0) is 9.59 Å². The smallest absolute Gasteiger partial charge is 0.237 e. The highest BCUT2D eigenvalue weighted by Gasteiger charge is 2.45. The first kappa shape index (κ1) is 13.5. The largest absolute Gasteiger partial charge is 0.355 e. The normalized spacial score (nSPS) is 23.0. The van der Waals surface area contributed by atoms with Crippen LogP contribution >= 0.6 is 0 Å². The minimum absolute atomic E-state index is 0.00308. The fourth-order valence-corrected chi connectivity index (χ4v) is 2.39. The average Bonchev–Trinajstić information content (AvgIpc) is 2.72. The van der Waals surface area contributed by atoms with Gasteiger partial charge in [-0.1, -0.05) is 20.8 Å². The van der Waals surface area contributed by atoms with Crippen LogP contribution in [0.5, 0.6) is 0 Å². The van der Waals surface area contributed by atoms with E-state index in [1.807, 2.05) is 20.8 Å². The van der Waals surface area contributed by atoms with Gasteiger partial charge in [0.25, 0.3) is 0 Å². The number of nitrogens with one attached hydrogen (secondary N) is 2. The van der Waals surface area contributed by atoms with Gasteiger partial charge in [0.2, 0.25) is 11.8 Å². The molecule has 2 N–H and O–H groups in total. The number of rotatable bonds is 2. The fraction of sp³-hybridized carbons (Fsp3) is 0.500. The highest BCUT2D eigenvalue weighted by atomic mass is 16.2. The summed E-state index contributed by atoms with van der Waals surface area (Å²) in [5.41, 5.74) is 0.510. The number of pyridine rings is 1. The first-order chi connectivity index (χ1) is 8.89. The molecule has 0 aromatic carbocycles. The number of carbonyl (C=O) groups excluding carboxylic acids is 2. The lowest BCUT2D eigenvalue weighted by atomic mass is 9.74. The molecule has 19 heavy (non-hydrogen) atoms. The standard InChI is InChI=1S/C14H19N3O2/c1-14(2,3)10-8-16-12(18)11(10)13(19)17-9-5-4-6-15-7-9/h4-7,10-11H,8H2,1-3H3,(H,16,18)(H,17,19)/t10-,11-/m0/s1. The van der Waals surface area contributed by atoms with Crippen LogP contribution in [0, 0.1) is 17.3 Å². The molecule has 5 heteroatoms. The van der Waals surface area contributed by atoms with Crippen molar-refractivity contribution in [3.8, 4) is 0 Å². The van der Waals surface area contributed by atoms with Crippen molar-refractivity contribution in [3.05, 3.63) is 24.5 Å². The summed E-state index contributed by atoms with van der Waals surface area (Å²) in [6.45, 7) is 6.68. The van der Waals surface area contributed by atoms with Gasteiger partial charge in [0, 0.05) is 18.7 Å². The molecule has 2 amide bonds. The van der Waals surface area contributed by atoms with Gasteiger partial charge in [0.05, 0.1) is 11.9 Å². The summed E-state index contributed by atoms with van der Waals surface area (Å²) in [7, 11) is 0. The molecule has 0 radical (unpaired) electrons. The highest BCUT2D eigenvalue weighted by molar-refractivity contribution is 6.07. The van der Waals surface area contributed by atoms with Gasteiger partial charge in [-0.2, -0.15) is 0 Å². The van der Waals surface area contributed by atoms with Crippen LogP contribution in [0.25, 0.3) is 0 Å². The predicted molar refractivity (Wildman–Crippen MR) is 72.3 cm³/mol. The van der Waals surface area contributed by atoms with Crippen molar-refractivity contribution >= 4 is 17.5 Å². The van der Waals surface area contributed by atoms with Gasteiger partial charge in [0.1, 0.15) is 5.92 Å². The average molecular weight is 261 g/mol. The first-order valence-electron chi connectivity index (χ1n) is 6.38. The molecule has 5 nitrogen and oxygen atoms in total. The molecule has 102 valence electrons. The fourth-order valence-electron chi connectivity index (χ4n) is 2.39. The predicted octanol–water partition coefficient (Wildman–Crippen LogP) is 1.43. The second-order valence-corrected chi connectivity index (χ2v) is 5.93. The maximum Gasteiger partial charge on any atom is 0.237 e. The Morgan fingerprint density at radius 1 is 1.47 bits per heavy atom. The van der Waals surface area contributed by atoms with Crippen LogP contribution in [0.3, 0.4) is 0 Å². The van der Waals surface area contributed by atoms with Crippen LogP contribution in [0.4, 0.5) is 5.69 Å². The van der Waals surface area contributed by atoms with Crippen molar-refractivity contribution in [3.63, 3.8) is 0 Å². The van der Waals surface area contributed by atoms with Crippen molar-refractivity contribution in [1.82, 2.24) is 10.3 Å². The molecule has 1 saturated heterocycles. The van der Waals surface area contributed by atoms with Crippen molar-refractivity contribution in [2.45, 2.75) is 20.8 Å². The lowest BCUT2D eigenvalue weighted by Crippen LogP contribution is -2.37. The number of amides is 2. The zero-order chi connectivity index (χ0) is 14.0. The van der Waals surface area contributed by atoms with Crippen molar-refractivity contribution in [2.24, 2.45) is 17.3 Å². The third kappa shape index (κ3) is 2.92. The van der Waals surface area contributed by atoms with Crippen LogP contribution in [0.2, 0.25) is 0 Å². The van der Waals surface area contributed by atoms with Crippen molar-refractivity contribution in [1.29, 1.82) is 0 Å². The van der Waals surface area contributed by atoms with E-state index in [4.69, 9.17) is 0 Å². The van der Waals surface area contributed by atoms with E-state index < -0.39 is 5.92 Å². The van der Waals surface area contributed by atoms with E-state index in [0.717, 1.165) is 0 Å². The monoisotopic (exact) mass is 261 g/mol. The van der Waals surface area contributed by atoms with Crippen molar-refractivity contribution < 1.29 is 9.59 Å². The van der Waals surface area contributed by atoms with Crippen LogP contribution in [0.15, 0.2) is 24.5 Å². The van der Waals surface area contributed by atoms with Gasteiger partial charge in [0.15, 0.2) is 0 Å². The summed E-state index contributed by atoms with van der Waals surface area (Å²) in [6, 6.07) is 3.50. The second kappa shape index (κ2) is 4.99. The first-order valence-corrected chi connectivity index (χ1v) is 6.38. The number of aromatic nitrogens is 1. The topological polar surface area (TPSA) is 71.1 Å². The Hall–Kier alpha value is -1.91. The molecular formula is C14H19N3O2. The number of hydrogen-bond donors (Lipinski definition) is 2. The number of nitrogens with zero attached hydrogens (tertiary/aromatic N) is 1. The molecule has 2 heterocycles. The van der Waals surface area contributed by atoms with Gasteiger partial charge in [-0.15, -0.1) is 0 Å². The summed E-state index contributed by atoms with van der Waals surface area (Å²) < 4.78 is 0. The molecule has 0 bridgehead atoms. The lowest BCUT2D eigenvalue weighted by molar-refractivity contribution is -0.132. The molecule has 0 aliphatic carbocycles. The molecule has 1 aliphatic heterocycles. The minimum atomic E-state index is -0.639. The maximum absolute atomic E-state index is 12.3. The van der Waals surface area contributed by atoms with Gasteiger partial charge in [-0.3, -0.25) is 14.6 Å². The van der Waals surface area contributed by atoms with Crippen LogP contribution in [-0.4, -0.2) is 23.3 Å². The minimum Gasteiger partial charge on any atom is -0.355 e. The Morgan fingerprint density at radius 2 is 2.21 bits per heavy atom. The molecule has 1 aromatic rings. The third-order valence-corrected chi connectivity index (χ3v) is 3.50. The second-order valence-electron chi connectivity index (χ2n) is 5.93. The lowest BCUT2D eigenvalue weighted by Gasteiger charge is -2.29. The summed E-state index contributed by atoms with van der Waals surface area (Å²) in [6.07, 6.45) is 3.20. The molecule has 0 spiro atoms. The zero-order valence-corrected chi connectivity index (χ0v) is 11.4. The third-order valence-electron chi connectivity index (χ3n) is 3.50. The Morgan fingerprint density at radius 3 is 2.79 bits per heavy atom. The number of anilines is 1. The molecular weight excluding hydrogens is 242 g/mol. The number of carbonyl (C=O) groups is 2. The zero-order valence-electron chi connectivity index (χ0n) is 11.4. The Labute approximate surface area is 112 Å². The molecule has 1 aromatic heterocycles. The van der Waals surface area contributed by atoms with Gasteiger partial charge in [-0.25, -0.2) is 0 Å². The van der Waals surface area contributed by atoms with Gasteiger partial charge < -0.3 is 10.6 Å². The molecule has 2 rings (SSSR count). The van der Waals surface area contributed by atoms with E-state index in [9.17, 15) is 9.59 Å². The molecule has 2 atom stereocenters. The summed E-state index contributed by atoms with van der Waals surface area (Å²) in [5.74, 6) is -1.10. The van der Waals surface area contributed by atoms with E-state index >= 15 is 0 Å². The summed E-state index contributed by atoms with van der Waals surface area (Å²) in [4.78, 5) is 28.1. The molecule has 1 aliphatic rings. The maximum atomic E-state index is 12.3. The Kier molecular flexibility index (Phi) is 3.55. The SMILES string of the molecule is CC(C)(C)[C@H]1CNC(=O)[C@H]1C(=O)Nc1cccnc1. The van der Waals surface area contributed by atoms with Gasteiger partial charge in [-0.05, 0) is 17.5 Å². The van der Waals surface area contributed by atoms with Crippen LogP contribution < -0.4 is 10.6 Å². The highest BCUT2D eigenvalue weighted by Crippen LogP contribution is 2.35. The summed E-state index contributed by atoms with van der Waals surface area (Å²) >= 11 is 0. The molecule has 1 fully saturated rings. The Bertz CT molecular complexity index is 479. The molecule has 0 saturated carbocycles. The van der Waals surface area contributed by atoms with Crippen LogP contribution in [0.1, 0.15) is 20.8 Å². The Balaban J connectivity index is 2.15. The van der Waals surface area contributed by atoms with E-state index in [-0.39, 0.29) is 23.1 Å². The van der Waals surface area contributed by atoms with Crippen molar-refractivity contribution in [2.75, 3.05) is 11.9 Å². The summed E-state index contributed by atoms with van der Waals surface area (Å²) in [5, 5.41) is 5.53. The number of hydrogen-bond acceptors (Lipinski definition) is 3.